The molecule has 0 spiro atoms. The van der Waals surface area contributed by atoms with E-state index in [2.05, 4.69) is 43.5 Å². The van der Waals surface area contributed by atoms with E-state index in [1.54, 1.807) is 6.08 Å². The van der Waals surface area contributed by atoms with Gasteiger partial charge in [0.15, 0.2) is 0 Å². The third-order valence-corrected chi connectivity index (χ3v) is 17.7. The molecular formula is C77H147NO5. The average molecular weight is 1170 g/mol. The Hall–Kier alpha value is -1.92. The number of allylic oxidation sites excluding steroid dienone is 5. The summed E-state index contributed by atoms with van der Waals surface area (Å²) in [4.78, 5) is 24.6. The number of hydrogen-bond acceptors (Lipinski definition) is 5. The van der Waals surface area contributed by atoms with Crippen LogP contribution in [0.25, 0.3) is 0 Å². The molecule has 0 radical (unpaired) electrons. The molecule has 0 bridgehead atoms. The van der Waals surface area contributed by atoms with Gasteiger partial charge >= 0.3 is 5.97 Å². The molecule has 490 valence electrons. The molecule has 0 rings (SSSR count). The molecule has 0 aliphatic heterocycles. The number of esters is 1. The van der Waals surface area contributed by atoms with Gasteiger partial charge in [-0.1, -0.05) is 384 Å². The lowest BCUT2D eigenvalue weighted by Crippen LogP contribution is -2.45. The van der Waals surface area contributed by atoms with E-state index < -0.39 is 12.1 Å². The first-order valence-electron chi connectivity index (χ1n) is 37.8. The molecule has 2 atom stereocenters. The fourth-order valence-corrected chi connectivity index (χ4v) is 11.9. The lowest BCUT2D eigenvalue weighted by Gasteiger charge is -2.20. The predicted octanol–water partition coefficient (Wildman–Crippen LogP) is 24.7. The molecular weight excluding hydrogens is 1020 g/mol. The van der Waals surface area contributed by atoms with E-state index in [0.29, 0.717) is 19.4 Å². The number of rotatable bonds is 71. The molecule has 0 aliphatic carbocycles. The van der Waals surface area contributed by atoms with Gasteiger partial charge < -0.3 is 20.3 Å². The number of hydrogen-bond donors (Lipinski definition) is 3. The maximum atomic E-state index is 12.5. The molecule has 0 saturated heterocycles. The zero-order chi connectivity index (χ0) is 59.9. The zero-order valence-electron chi connectivity index (χ0n) is 56.2. The number of carbonyl (C=O) groups excluding carboxylic acids is 2. The Balaban J connectivity index is 3.31. The van der Waals surface area contributed by atoms with E-state index in [-0.39, 0.29) is 18.5 Å². The lowest BCUT2D eigenvalue weighted by atomic mass is 10.0. The zero-order valence-corrected chi connectivity index (χ0v) is 56.2. The Kier molecular flexibility index (Phi) is 70.9. The molecule has 3 N–H and O–H groups in total. The highest BCUT2D eigenvalue weighted by molar-refractivity contribution is 5.76. The second-order valence-electron chi connectivity index (χ2n) is 26.0. The van der Waals surface area contributed by atoms with Gasteiger partial charge in [0.05, 0.1) is 25.4 Å². The van der Waals surface area contributed by atoms with Crippen LogP contribution in [0.2, 0.25) is 0 Å². The summed E-state index contributed by atoms with van der Waals surface area (Å²) < 4.78 is 5.49. The summed E-state index contributed by atoms with van der Waals surface area (Å²) in [6, 6.07) is -0.623. The van der Waals surface area contributed by atoms with E-state index >= 15 is 0 Å². The van der Waals surface area contributed by atoms with Crippen molar-refractivity contribution in [1.82, 2.24) is 5.32 Å². The minimum atomic E-state index is -0.840. The van der Waals surface area contributed by atoms with Crippen molar-refractivity contribution in [3.05, 3.63) is 36.5 Å². The van der Waals surface area contributed by atoms with Crippen molar-refractivity contribution in [1.29, 1.82) is 0 Å². The van der Waals surface area contributed by atoms with Crippen LogP contribution < -0.4 is 5.32 Å². The molecule has 2 unspecified atom stereocenters. The Bertz CT molecular complexity index is 1340. The topological polar surface area (TPSA) is 95.9 Å². The Labute approximate surface area is 519 Å². The van der Waals surface area contributed by atoms with E-state index in [0.717, 1.165) is 51.4 Å². The summed E-state index contributed by atoms with van der Waals surface area (Å²) in [5, 5.41) is 23.2. The highest BCUT2D eigenvalue weighted by Gasteiger charge is 2.18. The summed E-state index contributed by atoms with van der Waals surface area (Å²) in [6.07, 6.45) is 94.1. The summed E-state index contributed by atoms with van der Waals surface area (Å²) in [7, 11) is 0. The van der Waals surface area contributed by atoms with Crippen LogP contribution in [0.4, 0.5) is 0 Å². The Morgan fingerprint density at radius 3 is 0.952 bits per heavy atom. The minimum Gasteiger partial charge on any atom is -0.466 e. The van der Waals surface area contributed by atoms with Gasteiger partial charge in [-0.2, -0.15) is 0 Å². The van der Waals surface area contributed by atoms with Crippen molar-refractivity contribution in [3.8, 4) is 0 Å². The number of ether oxygens (including phenoxy) is 1. The fourth-order valence-electron chi connectivity index (χ4n) is 11.9. The van der Waals surface area contributed by atoms with Gasteiger partial charge in [0.1, 0.15) is 0 Å². The molecule has 6 nitrogen and oxygen atoms in total. The van der Waals surface area contributed by atoms with Crippen LogP contribution in [-0.2, 0) is 14.3 Å². The molecule has 1 amide bonds. The highest BCUT2D eigenvalue weighted by Crippen LogP contribution is 2.19. The Morgan fingerprint density at radius 2 is 0.614 bits per heavy atom. The standard InChI is InChI=1S/C77H147NO5/c1-3-5-7-9-11-13-15-17-42-45-49-53-57-61-65-69-75(80)74(73-79)78-76(81)70-66-62-58-54-50-46-43-40-38-36-34-32-30-28-26-24-22-20-19-21-23-25-27-29-31-33-35-37-39-41-44-48-52-56-60-64-68-72-83-77(82)71-67-63-59-55-51-47-18-16-14-12-10-8-6-4-2/h10,12,16,18,65,69,74-75,79-80H,3-9,11,13-15,17,19-64,66-68,70-73H2,1-2H3,(H,78,81)/b12-10-,18-16-,69-65+. The van der Waals surface area contributed by atoms with Crippen molar-refractivity contribution < 1.29 is 24.5 Å². The van der Waals surface area contributed by atoms with Crippen LogP contribution in [0, 0.1) is 0 Å². The van der Waals surface area contributed by atoms with Crippen LogP contribution in [0.3, 0.4) is 0 Å². The molecule has 6 heteroatoms. The number of carbonyl (C=O) groups is 2. The highest BCUT2D eigenvalue weighted by atomic mass is 16.5. The summed E-state index contributed by atoms with van der Waals surface area (Å²) in [5.41, 5.74) is 0. The minimum absolute atomic E-state index is 0.00883. The first kappa shape index (κ1) is 81.1. The molecule has 0 heterocycles. The SMILES string of the molecule is CCCC/C=C\C/C=C\CCCCCCCC(=O)OCCCCCCCCCCCCCCCCCCCCCCCCCCCCCCCCCCCCCCCC(=O)NC(CO)C(O)/C=C/CCCCCCCCCCCCCCC. The summed E-state index contributed by atoms with van der Waals surface area (Å²) in [5.74, 6) is -0.0509. The third-order valence-electron chi connectivity index (χ3n) is 17.7. The van der Waals surface area contributed by atoms with Gasteiger partial charge in [0.2, 0.25) is 5.91 Å². The van der Waals surface area contributed by atoms with Crippen LogP contribution in [-0.4, -0.2) is 47.4 Å². The van der Waals surface area contributed by atoms with Crippen LogP contribution in [0.5, 0.6) is 0 Å². The van der Waals surface area contributed by atoms with Crippen LogP contribution in [0.15, 0.2) is 36.5 Å². The van der Waals surface area contributed by atoms with Crippen molar-refractivity contribution in [2.45, 2.75) is 431 Å². The molecule has 0 aromatic carbocycles. The van der Waals surface area contributed by atoms with Gasteiger partial charge in [0, 0.05) is 12.8 Å². The van der Waals surface area contributed by atoms with E-state index in [4.69, 9.17) is 4.74 Å². The number of aliphatic hydroxyl groups is 2. The van der Waals surface area contributed by atoms with Crippen molar-refractivity contribution in [3.63, 3.8) is 0 Å². The first-order chi connectivity index (χ1) is 41.0. The molecule has 0 fully saturated rings. The van der Waals surface area contributed by atoms with Crippen molar-refractivity contribution in [2.24, 2.45) is 0 Å². The number of amides is 1. The lowest BCUT2D eigenvalue weighted by molar-refractivity contribution is -0.143. The van der Waals surface area contributed by atoms with E-state index in [1.807, 2.05) is 6.08 Å². The van der Waals surface area contributed by atoms with Gasteiger partial charge in [-0.05, 0) is 57.8 Å². The first-order valence-corrected chi connectivity index (χ1v) is 37.8. The van der Waals surface area contributed by atoms with Crippen molar-refractivity contribution in [2.75, 3.05) is 13.2 Å². The quantitative estimate of drug-likeness (QED) is 0.0320. The fraction of sp³-hybridized carbons (Fsp3) is 0.896. The average Bonchev–Trinajstić information content (AvgIpc) is 3.49. The van der Waals surface area contributed by atoms with Gasteiger partial charge in [-0.3, -0.25) is 9.59 Å². The number of nitrogens with one attached hydrogen (secondary N) is 1. The normalized spacial score (nSPS) is 12.7. The van der Waals surface area contributed by atoms with Crippen LogP contribution in [0.1, 0.15) is 418 Å². The third kappa shape index (κ3) is 69.1. The van der Waals surface area contributed by atoms with Crippen molar-refractivity contribution >= 4 is 11.9 Å². The smallest absolute Gasteiger partial charge is 0.305 e. The van der Waals surface area contributed by atoms with Gasteiger partial charge in [-0.15, -0.1) is 0 Å². The number of aliphatic hydroxyl groups excluding tert-OH is 2. The molecule has 0 aromatic rings. The summed E-state index contributed by atoms with van der Waals surface area (Å²) >= 11 is 0. The maximum absolute atomic E-state index is 12.5. The summed E-state index contributed by atoms with van der Waals surface area (Å²) in [6.45, 7) is 4.89. The monoisotopic (exact) mass is 1170 g/mol. The molecule has 0 aliphatic rings. The molecule has 0 aromatic heterocycles. The largest absolute Gasteiger partial charge is 0.466 e. The predicted molar refractivity (Wildman–Crippen MR) is 366 cm³/mol. The second kappa shape index (κ2) is 72.6. The van der Waals surface area contributed by atoms with E-state index in [9.17, 15) is 19.8 Å². The second-order valence-corrected chi connectivity index (χ2v) is 26.0. The van der Waals surface area contributed by atoms with Crippen LogP contribution >= 0.6 is 0 Å². The molecule has 83 heavy (non-hydrogen) atoms. The van der Waals surface area contributed by atoms with E-state index in [1.165, 1.54) is 340 Å². The molecule has 0 saturated carbocycles. The van der Waals surface area contributed by atoms with Gasteiger partial charge in [-0.25, -0.2) is 0 Å². The number of unbranched alkanes of at least 4 members (excludes halogenated alkanes) is 56. The maximum Gasteiger partial charge on any atom is 0.305 e. The van der Waals surface area contributed by atoms with Gasteiger partial charge in [0.25, 0.3) is 0 Å². The Morgan fingerprint density at radius 1 is 0.337 bits per heavy atom.